The predicted octanol–water partition coefficient (Wildman–Crippen LogP) is 3.59. The van der Waals surface area contributed by atoms with E-state index in [-0.39, 0.29) is 11.4 Å². The van der Waals surface area contributed by atoms with E-state index in [9.17, 15) is 4.79 Å². The number of carbonyl (C=O) groups is 1. The molecule has 92 valence electrons. The minimum Gasteiger partial charge on any atom is -0.350 e. The van der Waals surface area contributed by atoms with Crippen molar-refractivity contribution in [2.45, 2.75) is 38.1 Å². The summed E-state index contributed by atoms with van der Waals surface area (Å²) in [6.07, 6.45) is 3.20. The van der Waals surface area contributed by atoms with Crippen molar-refractivity contribution in [1.29, 1.82) is 0 Å². The van der Waals surface area contributed by atoms with Crippen LogP contribution in [0.3, 0.4) is 0 Å². The van der Waals surface area contributed by atoms with Gasteiger partial charge in [0, 0.05) is 22.0 Å². The molecule has 0 spiro atoms. The van der Waals surface area contributed by atoms with Gasteiger partial charge in [-0.15, -0.1) is 0 Å². The van der Waals surface area contributed by atoms with Crippen LogP contribution in [-0.4, -0.2) is 11.4 Å². The maximum absolute atomic E-state index is 11.4. The van der Waals surface area contributed by atoms with Crippen LogP contribution in [0.4, 0.5) is 0 Å². The van der Waals surface area contributed by atoms with E-state index < -0.39 is 0 Å². The van der Waals surface area contributed by atoms with E-state index >= 15 is 0 Å². The number of hydrogen-bond acceptors (Lipinski definition) is 1. The summed E-state index contributed by atoms with van der Waals surface area (Å²) in [5.41, 5.74) is 0.956. The second-order valence-corrected chi connectivity index (χ2v) is 5.51. The van der Waals surface area contributed by atoms with Crippen molar-refractivity contribution in [3.05, 3.63) is 33.8 Å². The molecule has 1 heterocycles. The number of benzene rings is 1. The molecule has 1 fully saturated rings. The summed E-state index contributed by atoms with van der Waals surface area (Å²) in [7, 11) is 0. The van der Waals surface area contributed by atoms with Gasteiger partial charge in [-0.1, -0.05) is 30.1 Å². The minimum atomic E-state index is -0.120. The average Bonchev–Trinajstić information content (AvgIpc) is 2.59. The first-order chi connectivity index (χ1) is 8.03. The number of nitrogens with one attached hydrogen (secondary N) is 1. The van der Waals surface area contributed by atoms with Crippen LogP contribution in [0.5, 0.6) is 0 Å². The summed E-state index contributed by atoms with van der Waals surface area (Å²) in [5, 5.41) is 4.36. The second-order valence-electron chi connectivity index (χ2n) is 4.64. The van der Waals surface area contributed by atoms with Crippen molar-refractivity contribution >= 4 is 29.1 Å². The lowest BCUT2D eigenvalue weighted by Crippen LogP contribution is -2.42. The van der Waals surface area contributed by atoms with Crippen LogP contribution >= 0.6 is 23.2 Å². The van der Waals surface area contributed by atoms with E-state index in [4.69, 9.17) is 23.2 Å². The highest BCUT2D eigenvalue weighted by molar-refractivity contribution is 6.34. The highest BCUT2D eigenvalue weighted by Crippen LogP contribution is 2.30. The van der Waals surface area contributed by atoms with Crippen LogP contribution in [0, 0.1) is 0 Å². The molecule has 0 aliphatic carbocycles. The predicted molar refractivity (Wildman–Crippen MR) is 70.6 cm³/mol. The maximum atomic E-state index is 11.4. The van der Waals surface area contributed by atoms with Crippen LogP contribution < -0.4 is 5.32 Å². The zero-order valence-corrected chi connectivity index (χ0v) is 11.2. The molecule has 1 saturated heterocycles. The molecule has 1 unspecified atom stereocenters. The first kappa shape index (κ1) is 12.7. The SMILES string of the molecule is CCC1(Cc2cc(Cl)cc(Cl)c2)CCC(=O)N1. The van der Waals surface area contributed by atoms with Gasteiger partial charge in [0.05, 0.1) is 0 Å². The standard InChI is InChI=1S/C13H15Cl2NO/c1-2-13(4-3-12(17)16-13)8-9-5-10(14)7-11(15)6-9/h5-7H,2-4,8H2,1H3,(H,16,17). The molecule has 2 nitrogen and oxygen atoms in total. The van der Waals surface area contributed by atoms with Crippen molar-refractivity contribution in [2.75, 3.05) is 0 Å². The molecule has 0 saturated carbocycles. The molecule has 0 radical (unpaired) electrons. The van der Waals surface area contributed by atoms with E-state index in [0.29, 0.717) is 16.5 Å². The smallest absolute Gasteiger partial charge is 0.220 e. The number of amides is 1. The first-order valence-corrected chi connectivity index (χ1v) is 6.54. The average molecular weight is 272 g/mol. The Morgan fingerprint density at radius 2 is 1.94 bits per heavy atom. The van der Waals surface area contributed by atoms with Crippen molar-refractivity contribution in [3.8, 4) is 0 Å². The Morgan fingerprint density at radius 3 is 2.41 bits per heavy atom. The van der Waals surface area contributed by atoms with Gasteiger partial charge >= 0.3 is 0 Å². The lowest BCUT2D eigenvalue weighted by molar-refractivity contribution is -0.119. The summed E-state index contributed by atoms with van der Waals surface area (Å²) in [6.45, 7) is 2.09. The Kier molecular flexibility index (Phi) is 3.64. The van der Waals surface area contributed by atoms with Crippen LogP contribution in [0.25, 0.3) is 0 Å². The first-order valence-electron chi connectivity index (χ1n) is 5.79. The number of hydrogen-bond donors (Lipinski definition) is 1. The van der Waals surface area contributed by atoms with Crippen LogP contribution in [-0.2, 0) is 11.2 Å². The van der Waals surface area contributed by atoms with E-state index in [1.807, 2.05) is 12.1 Å². The lowest BCUT2D eigenvalue weighted by Gasteiger charge is -2.28. The van der Waals surface area contributed by atoms with E-state index in [1.54, 1.807) is 6.07 Å². The summed E-state index contributed by atoms with van der Waals surface area (Å²) in [4.78, 5) is 11.4. The highest BCUT2D eigenvalue weighted by Gasteiger charge is 2.35. The van der Waals surface area contributed by atoms with Crippen molar-refractivity contribution < 1.29 is 4.79 Å². The molecule has 17 heavy (non-hydrogen) atoms. The van der Waals surface area contributed by atoms with Crippen molar-refractivity contribution in [1.82, 2.24) is 5.32 Å². The fourth-order valence-corrected chi connectivity index (χ4v) is 2.97. The second kappa shape index (κ2) is 4.87. The molecule has 1 amide bonds. The fraction of sp³-hybridized carbons (Fsp3) is 0.462. The number of carbonyl (C=O) groups excluding carboxylic acids is 1. The zero-order chi connectivity index (χ0) is 12.5. The third kappa shape index (κ3) is 2.93. The summed E-state index contributed by atoms with van der Waals surface area (Å²) in [6, 6.07) is 5.54. The molecular formula is C13H15Cl2NO. The van der Waals surface area contributed by atoms with E-state index in [1.165, 1.54) is 0 Å². The van der Waals surface area contributed by atoms with Gasteiger partial charge in [0.1, 0.15) is 0 Å². The molecule has 4 heteroatoms. The molecule has 1 aromatic carbocycles. The van der Waals surface area contributed by atoms with Gasteiger partial charge in [0.25, 0.3) is 0 Å². The molecule has 1 aromatic rings. The maximum Gasteiger partial charge on any atom is 0.220 e. The van der Waals surface area contributed by atoms with Gasteiger partial charge in [-0.3, -0.25) is 4.79 Å². The van der Waals surface area contributed by atoms with E-state index in [0.717, 1.165) is 24.8 Å². The summed E-state index contributed by atoms with van der Waals surface area (Å²) < 4.78 is 0. The molecule has 1 N–H and O–H groups in total. The van der Waals surface area contributed by atoms with Gasteiger partial charge in [-0.05, 0) is 43.0 Å². The third-order valence-corrected chi connectivity index (χ3v) is 3.81. The largest absolute Gasteiger partial charge is 0.350 e. The van der Waals surface area contributed by atoms with Crippen molar-refractivity contribution in [2.24, 2.45) is 0 Å². The molecule has 2 rings (SSSR count). The third-order valence-electron chi connectivity index (χ3n) is 3.38. The van der Waals surface area contributed by atoms with Gasteiger partial charge < -0.3 is 5.32 Å². The van der Waals surface area contributed by atoms with Gasteiger partial charge in [0.2, 0.25) is 5.91 Å². The van der Waals surface area contributed by atoms with Gasteiger partial charge in [-0.2, -0.15) is 0 Å². The fourth-order valence-electron chi connectivity index (χ4n) is 2.40. The molecule has 0 aromatic heterocycles. The molecule has 1 aliphatic heterocycles. The molecule has 1 atom stereocenters. The highest BCUT2D eigenvalue weighted by atomic mass is 35.5. The lowest BCUT2D eigenvalue weighted by atomic mass is 9.87. The molecular weight excluding hydrogens is 257 g/mol. The minimum absolute atomic E-state index is 0.120. The zero-order valence-electron chi connectivity index (χ0n) is 9.72. The van der Waals surface area contributed by atoms with Gasteiger partial charge in [0.15, 0.2) is 0 Å². The quantitative estimate of drug-likeness (QED) is 0.895. The topological polar surface area (TPSA) is 29.1 Å². The Morgan fingerprint density at radius 1 is 1.29 bits per heavy atom. The normalized spacial score (nSPS) is 23.8. The van der Waals surface area contributed by atoms with Crippen LogP contribution in [0.15, 0.2) is 18.2 Å². The molecule has 0 bridgehead atoms. The Hall–Kier alpha value is -0.730. The monoisotopic (exact) mass is 271 g/mol. The van der Waals surface area contributed by atoms with Gasteiger partial charge in [-0.25, -0.2) is 0 Å². The van der Waals surface area contributed by atoms with Crippen LogP contribution in [0.2, 0.25) is 10.0 Å². The Bertz CT molecular complexity index is 427. The summed E-state index contributed by atoms with van der Waals surface area (Å²) in [5.74, 6) is 0.139. The Labute approximate surface area is 111 Å². The Balaban J connectivity index is 2.21. The molecule has 1 aliphatic rings. The van der Waals surface area contributed by atoms with E-state index in [2.05, 4.69) is 12.2 Å². The number of rotatable bonds is 3. The summed E-state index contributed by atoms with van der Waals surface area (Å²) >= 11 is 12.0. The van der Waals surface area contributed by atoms with Crippen molar-refractivity contribution in [3.63, 3.8) is 0 Å². The number of halogens is 2. The van der Waals surface area contributed by atoms with Crippen LogP contribution in [0.1, 0.15) is 31.7 Å².